The number of carbonyl (C=O) groups excluding carboxylic acids is 1. The molecule has 20 heavy (non-hydrogen) atoms. The molecule has 0 aliphatic carbocycles. The number of carbonyl (C=O) groups is 1. The van der Waals surface area contributed by atoms with Gasteiger partial charge in [-0.05, 0) is 24.3 Å². The van der Waals surface area contributed by atoms with Crippen LogP contribution < -0.4 is 4.74 Å². The van der Waals surface area contributed by atoms with Gasteiger partial charge in [0.15, 0.2) is 0 Å². The number of hydrogen-bond acceptors (Lipinski definition) is 5. The average Bonchev–Trinajstić information content (AvgIpc) is 2.49. The number of esters is 1. The van der Waals surface area contributed by atoms with E-state index in [2.05, 4.69) is 15.9 Å². The van der Waals surface area contributed by atoms with E-state index in [0.717, 1.165) is 10.2 Å². The van der Waals surface area contributed by atoms with Crippen molar-refractivity contribution in [3.63, 3.8) is 0 Å². The summed E-state index contributed by atoms with van der Waals surface area (Å²) in [7, 11) is 1.40. The first-order chi connectivity index (χ1) is 9.70. The third-order valence-corrected chi connectivity index (χ3v) is 3.70. The molecule has 2 rings (SSSR count). The smallest absolute Gasteiger partial charge is 0.325 e. The standard InChI is InChI=1S/C14H18BrNO4/c1-18-14(17)13-10-19-8-6-16(13)7-9-20-12-4-2-11(15)3-5-12/h2-5,13H,6-10H2,1H3. The fourth-order valence-corrected chi connectivity index (χ4v) is 2.33. The summed E-state index contributed by atoms with van der Waals surface area (Å²) in [5.41, 5.74) is 0. The van der Waals surface area contributed by atoms with Crippen molar-refractivity contribution in [2.75, 3.05) is 40.0 Å². The van der Waals surface area contributed by atoms with Crippen molar-refractivity contribution >= 4 is 21.9 Å². The quantitative estimate of drug-likeness (QED) is 0.761. The summed E-state index contributed by atoms with van der Waals surface area (Å²) in [6.07, 6.45) is 0. The number of nitrogens with zero attached hydrogens (tertiary/aromatic N) is 1. The normalized spacial score (nSPS) is 19.6. The Hall–Kier alpha value is -1.11. The van der Waals surface area contributed by atoms with Gasteiger partial charge in [0.05, 0.1) is 20.3 Å². The van der Waals surface area contributed by atoms with Crippen LogP contribution in [-0.4, -0.2) is 56.9 Å². The molecule has 1 atom stereocenters. The molecule has 5 nitrogen and oxygen atoms in total. The van der Waals surface area contributed by atoms with Crippen molar-refractivity contribution in [1.29, 1.82) is 0 Å². The van der Waals surface area contributed by atoms with Gasteiger partial charge in [-0.3, -0.25) is 9.69 Å². The summed E-state index contributed by atoms with van der Waals surface area (Å²) in [4.78, 5) is 13.7. The summed E-state index contributed by atoms with van der Waals surface area (Å²) < 4.78 is 16.8. The van der Waals surface area contributed by atoms with E-state index >= 15 is 0 Å². The molecule has 0 amide bonds. The van der Waals surface area contributed by atoms with Gasteiger partial charge in [0, 0.05) is 17.6 Å². The van der Waals surface area contributed by atoms with E-state index in [1.807, 2.05) is 29.2 Å². The number of ether oxygens (including phenoxy) is 3. The lowest BCUT2D eigenvalue weighted by Gasteiger charge is -2.33. The molecule has 0 saturated carbocycles. The van der Waals surface area contributed by atoms with Gasteiger partial charge >= 0.3 is 5.97 Å². The third kappa shape index (κ3) is 4.19. The van der Waals surface area contributed by atoms with Gasteiger partial charge in [-0.25, -0.2) is 0 Å². The number of halogens is 1. The molecule has 1 fully saturated rings. The lowest BCUT2D eigenvalue weighted by Crippen LogP contribution is -2.51. The predicted octanol–water partition coefficient (Wildman–Crippen LogP) is 1.70. The van der Waals surface area contributed by atoms with Crippen LogP contribution in [0, 0.1) is 0 Å². The second kappa shape index (κ2) is 7.61. The Bertz CT molecular complexity index is 437. The highest BCUT2D eigenvalue weighted by atomic mass is 79.9. The zero-order valence-corrected chi connectivity index (χ0v) is 13.0. The van der Waals surface area contributed by atoms with Gasteiger partial charge in [0.2, 0.25) is 0 Å². The summed E-state index contributed by atoms with van der Waals surface area (Å²) in [5, 5.41) is 0. The van der Waals surface area contributed by atoms with E-state index in [1.54, 1.807) is 0 Å². The van der Waals surface area contributed by atoms with Crippen molar-refractivity contribution < 1.29 is 19.0 Å². The van der Waals surface area contributed by atoms with E-state index in [1.165, 1.54) is 7.11 Å². The molecule has 1 aliphatic rings. The minimum atomic E-state index is -0.331. The molecule has 6 heteroatoms. The summed E-state index contributed by atoms with van der Waals surface area (Å²) >= 11 is 3.38. The molecular formula is C14H18BrNO4. The zero-order valence-electron chi connectivity index (χ0n) is 11.4. The predicted molar refractivity (Wildman–Crippen MR) is 77.8 cm³/mol. The highest BCUT2D eigenvalue weighted by Gasteiger charge is 2.29. The first-order valence-corrected chi connectivity index (χ1v) is 7.28. The number of methoxy groups -OCH3 is 1. The minimum Gasteiger partial charge on any atom is -0.492 e. The van der Waals surface area contributed by atoms with Crippen LogP contribution in [0.15, 0.2) is 28.7 Å². The Morgan fingerprint density at radius 1 is 1.45 bits per heavy atom. The fourth-order valence-electron chi connectivity index (χ4n) is 2.07. The van der Waals surface area contributed by atoms with Gasteiger partial charge < -0.3 is 14.2 Å². The van der Waals surface area contributed by atoms with Crippen LogP contribution in [0.5, 0.6) is 5.75 Å². The second-order valence-electron chi connectivity index (χ2n) is 4.45. The van der Waals surface area contributed by atoms with Gasteiger partial charge in [-0.15, -0.1) is 0 Å². The van der Waals surface area contributed by atoms with E-state index in [4.69, 9.17) is 14.2 Å². The van der Waals surface area contributed by atoms with Crippen LogP contribution in [0.25, 0.3) is 0 Å². The molecule has 0 bridgehead atoms. The fraction of sp³-hybridized carbons (Fsp3) is 0.500. The maximum Gasteiger partial charge on any atom is 0.325 e. The molecule has 1 heterocycles. The van der Waals surface area contributed by atoms with E-state index in [9.17, 15) is 4.79 Å². The number of morpholine rings is 1. The largest absolute Gasteiger partial charge is 0.492 e. The third-order valence-electron chi connectivity index (χ3n) is 3.17. The first-order valence-electron chi connectivity index (χ1n) is 6.48. The van der Waals surface area contributed by atoms with Crippen molar-refractivity contribution in [3.8, 4) is 5.75 Å². The summed E-state index contributed by atoms with van der Waals surface area (Å²) in [6, 6.07) is 7.34. The lowest BCUT2D eigenvalue weighted by atomic mass is 10.2. The first kappa shape index (κ1) is 15.3. The van der Waals surface area contributed by atoms with Gasteiger partial charge in [0.1, 0.15) is 18.4 Å². The molecule has 1 saturated heterocycles. The highest BCUT2D eigenvalue weighted by molar-refractivity contribution is 9.10. The van der Waals surface area contributed by atoms with Crippen LogP contribution in [0.4, 0.5) is 0 Å². The Kier molecular flexibility index (Phi) is 5.82. The topological polar surface area (TPSA) is 48.0 Å². The zero-order chi connectivity index (χ0) is 14.4. The number of rotatable bonds is 5. The van der Waals surface area contributed by atoms with Crippen LogP contribution in [0.3, 0.4) is 0 Å². The van der Waals surface area contributed by atoms with Gasteiger partial charge in [-0.1, -0.05) is 15.9 Å². The molecule has 1 aromatic carbocycles. The van der Waals surface area contributed by atoms with Gasteiger partial charge in [0.25, 0.3) is 0 Å². The molecule has 1 unspecified atom stereocenters. The molecule has 0 radical (unpaired) electrons. The molecule has 1 aromatic rings. The Balaban J connectivity index is 1.82. The van der Waals surface area contributed by atoms with E-state index in [0.29, 0.717) is 32.9 Å². The van der Waals surface area contributed by atoms with Crippen LogP contribution in [0.2, 0.25) is 0 Å². The lowest BCUT2D eigenvalue weighted by molar-refractivity contribution is -0.153. The van der Waals surface area contributed by atoms with Gasteiger partial charge in [-0.2, -0.15) is 0 Å². The molecular weight excluding hydrogens is 326 g/mol. The SMILES string of the molecule is COC(=O)C1COCCN1CCOc1ccc(Br)cc1. The second-order valence-corrected chi connectivity index (χ2v) is 5.37. The minimum absolute atomic E-state index is 0.256. The molecule has 0 N–H and O–H groups in total. The Morgan fingerprint density at radius 3 is 2.90 bits per heavy atom. The molecule has 1 aliphatic heterocycles. The molecule has 0 spiro atoms. The van der Waals surface area contributed by atoms with Crippen LogP contribution in [0.1, 0.15) is 0 Å². The van der Waals surface area contributed by atoms with Crippen molar-refractivity contribution in [2.24, 2.45) is 0 Å². The van der Waals surface area contributed by atoms with E-state index < -0.39 is 0 Å². The van der Waals surface area contributed by atoms with Crippen molar-refractivity contribution in [3.05, 3.63) is 28.7 Å². The van der Waals surface area contributed by atoms with Crippen molar-refractivity contribution in [2.45, 2.75) is 6.04 Å². The Labute approximate surface area is 126 Å². The summed E-state index contributed by atoms with van der Waals surface area (Å²) in [5.74, 6) is 0.560. The molecule has 0 aromatic heterocycles. The molecule has 110 valence electrons. The monoisotopic (exact) mass is 343 g/mol. The van der Waals surface area contributed by atoms with Crippen LogP contribution in [-0.2, 0) is 14.3 Å². The number of hydrogen-bond donors (Lipinski definition) is 0. The maximum absolute atomic E-state index is 11.7. The Morgan fingerprint density at radius 2 is 2.20 bits per heavy atom. The maximum atomic E-state index is 11.7. The van der Waals surface area contributed by atoms with E-state index in [-0.39, 0.29) is 12.0 Å². The number of benzene rings is 1. The average molecular weight is 344 g/mol. The summed E-state index contributed by atoms with van der Waals surface area (Å²) in [6.45, 7) is 2.91. The van der Waals surface area contributed by atoms with Crippen LogP contribution >= 0.6 is 15.9 Å². The van der Waals surface area contributed by atoms with Crippen molar-refractivity contribution in [1.82, 2.24) is 4.90 Å². The highest BCUT2D eigenvalue weighted by Crippen LogP contribution is 2.16.